The number of amides is 1. The number of piperidine rings is 1. The number of aryl methyl sites for hydroxylation is 1. The van der Waals surface area contributed by atoms with Gasteiger partial charge in [-0.3, -0.25) is 4.79 Å². The first-order chi connectivity index (χ1) is 13.5. The topological polar surface area (TPSA) is 60.5 Å². The van der Waals surface area contributed by atoms with Crippen LogP contribution in [0.1, 0.15) is 29.0 Å². The van der Waals surface area contributed by atoms with E-state index < -0.39 is 6.43 Å². The smallest absolute Gasteiger partial charge is 0.259 e. The second kappa shape index (κ2) is 7.61. The fourth-order valence-electron chi connectivity index (χ4n) is 3.64. The maximum atomic E-state index is 12.7. The number of carbonyl (C=O) groups is 1. The van der Waals surface area contributed by atoms with Crippen molar-refractivity contribution in [1.82, 2.24) is 14.6 Å². The fourth-order valence-corrected chi connectivity index (χ4v) is 3.64. The SMILES string of the molecule is Cc1oncc1C(=O)N1CCC(Oc2cccc3c2ccn3CC(F)F)CC1. The summed E-state index contributed by atoms with van der Waals surface area (Å²) in [4.78, 5) is 14.3. The van der Waals surface area contributed by atoms with E-state index in [1.165, 1.54) is 10.8 Å². The van der Waals surface area contributed by atoms with E-state index in [-0.39, 0.29) is 18.6 Å². The van der Waals surface area contributed by atoms with Gasteiger partial charge in [-0.2, -0.15) is 0 Å². The van der Waals surface area contributed by atoms with Gasteiger partial charge >= 0.3 is 0 Å². The van der Waals surface area contributed by atoms with Crippen LogP contribution in [0.3, 0.4) is 0 Å². The second-order valence-corrected chi connectivity index (χ2v) is 6.95. The third kappa shape index (κ3) is 3.58. The Morgan fingerprint density at radius 2 is 2.11 bits per heavy atom. The number of hydrogen-bond donors (Lipinski definition) is 0. The van der Waals surface area contributed by atoms with Crippen molar-refractivity contribution in [3.63, 3.8) is 0 Å². The summed E-state index contributed by atoms with van der Waals surface area (Å²) in [5.41, 5.74) is 1.22. The highest BCUT2D eigenvalue weighted by Gasteiger charge is 2.27. The van der Waals surface area contributed by atoms with E-state index in [1.807, 2.05) is 18.2 Å². The number of likely N-dealkylation sites (tertiary alicyclic amines) is 1. The summed E-state index contributed by atoms with van der Waals surface area (Å²) in [5, 5.41) is 4.48. The van der Waals surface area contributed by atoms with Crippen molar-refractivity contribution >= 4 is 16.8 Å². The van der Waals surface area contributed by atoms with Crippen molar-refractivity contribution < 1.29 is 22.8 Å². The summed E-state index contributed by atoms with van der Waals surface area (Å²) in [5.74, 6) is 1.12. The van der Waals surface area contributed by atoms with Crippen molar-refractivity contribution in [2.75, 3.05) is 13.1 Å². The summed E-state index contributed by atoms with van der Waals surface area (Å²) in [6, 6.07) is 7.29. The van der Waals surface area contributed by atoms with Crippen molar-refractivity contribution in [2.45, 2.75) is 38.8 Å². The molecule has 1 aromatic carbocycles. The average Bonchev–Trinajstić information content (AvgIpc) is 3.28. The molecule has 0 unspecified atom stereocenters. The van der Waals surface area contributed by atoms with Crippen LogP contribution in [-0.4, -0.2) is 46.1 Å². The molecule has 0 aliphatic carbocycles. The van der Waals surface area contributed by atoms with Gasteiger partial charge in [0.2, 0.25) is 0 Å². The summed E-state index contributed by atoms with van der Waals surface area (Å²) < 4.78 is 38.1. The van der Waals surface area contributed by atoms with E-state index in [9.17, 15) is 13.6 Å². The first kappa shape index (κ1) is 18.5. The summed E-state index contributed by atoms with van der Waals surface area (Å²) in [6.07, 6.45) is 2.07. The Labute approximate surface area is 160 Å². The van der Waals surface area contributed by atoms with Crippen LogP contribution >= 0.6 is 0 Å². The molecule has 0 bridgehead atoms. The number of alkyl halides is 2. The molecule has 28 heavy (non-hydrogen) atoms. The zero-order chi connectivity index (χ0) is 19.7. The zero-order valence-corrected chi connectivity index (χ0v) is 15.5. The molecular formula is C20H21F2N3O3. The summed E-state index contributed by atoms with van der Waals surface area (Å²) in [7, 11) is 0. The Morgan fingerprint density at radius 1 is 1.32 bits per heavy atom. The minimum Gasteiger partial charge on any atom is -0.490 e. The van der Waals surface area contributed by atoms with Gasteiger partial charge in [-0.05, 0) is 25.1 Å². The Hall–Kier alpha value is -2.90. The number of aromatic nitrogens is 2. The quantitative estimate of drug-likeness (QED) is 0.664. The normalized spacial score (nSPS) is 15.5. The molecule has 6 nitrogen and oxygen atoms in total. The lowest BCUT2D eigenvalue weighted by molar-refractivity contribution is 0.0596. The van der Waals surface area contributed by atoms with Gasteiger partial charge in [0, 0.05) is 37.5 Å². The van der Waals surface area contributed by atoms with E-state index in [1.54, 1.807) is 24.1 Å². The molecule has 3 aromatic rings. The lowest BCUT2D eigenvalue weighted by Crippen LogP contribution is -2.41. The molecular weight excluding hydrogens is 368 g/mol. The number of carbonyl (C=O) groups excluding carboxylic acids is 1. The Bertz CT molecular complexity index is 974. The van der Waals surface area contributed by atoms with Gasteiger partial charge in [-0.1, -0.05) is 11.2 Å². The number of fused-ring (bicyclic) bond motifs is 1. The van der Waals surface area contributed by atoms with E-state index in [0.717, 1.165) is 10.9 Å². The molecule has 1 fully saturated rings. The number of benzene rings is 1. The molecule has 2 aromatic heterocycles. The third-order valence-corrected chi connectivity index (χ3v) is 5.11. The van der Waals surface area contributed by atoms with Crippen molar-refractivity contribution in [3.05, 3.63) is 48.0 Å². The van der Waals surface area contributed by atoms with Crippen LogP contribution in [0.25, 0.3) is 10.9 Å². The second-order valence-electron chi connectivity index (χ2n) is 6.95. The standard InChI is InChI=1S/C20H21F2N3O3/c1-13-16(11-23-28-13)20(26)24-8-5-14(6-9-24)27-18-4-2-3-17-15(18)7-10-25(17)12-19(21)22/h2-4,7,10-11,14,19H,5-6,8-9,12H2,1H3. The van der Waals surface area contributed by atoms with Crippen LogP contribution in [-0.2, 0) is 6.54 Å². The van der Waals surface area contributed by atoms with E-state index in [4.69, 9.17) is 9.26 Å². The highest BCUT2D eigenvalue weighted by atomic mass is 19.3. The minimum absolute atomic E-state index is 0.0309. The molecule has 0 saturated carbocycles. The Balaban J connectivity index is 1.42. The Kier molecular flexibility index (Phi) is 5.02. The van der Waals surface area contributed by atoms with Gasteiger partial charge < -0.3 is 18.7 Å². The van der Waals surface area contributed by atoms with Crippen molar-refractivity contribution in [2.24, 2.45) is 0 Å². The van der Waals surface area contributed by atoms with Gasteiger partial charge in [0.1, 0.15) is 23.2 Å². The molecule has 0 N–H and O–H groups in total. The van der Waals surface area contributed by atoms with Gasteiger partial charge in [-0.25, -0.2) is 8.78 Å². The van der Waals surface area contributed by atoms with Crippen molar-refractivity contribution in [3.8, 4) is 5.75 Å². The molecule has 1 amide bonds. The molecule has 8 heteroatoms. The lowest BCUT2D eigenvalue weighted by atomic mass is 10.1. The van der Waals surface area contributed by atoms with Crippen LogP contribution in [0.5, 0.6) is 5.75 Å². The predicted molar refractivity (Wildman–Crippen MR) is 98.7 cm³/mol. The van der Waals surface area contributed by atoms with Gasteiger partial charge in [0.25, 0.3) is 12.3 Å². The van der Waals surface area contributed by atoms with Gasteiger partial charge in [0.15, 0.2) is 0 Å². The molecule has 0 atom stereocenters. The lowest BCUT2D eigenvalue weighted by Gasteiger charge is -2.32. The van der Waals surface area contributed by atoms with Crippen LogP contribution in [0.4, 0.5) is 8.78 Å². The van der Waals surface area contributed by atoms with Gasteiger partial charge in [-0.15, -0.1) is 0 Å². The largest absolute Gasteiger partial charge is 0.490 e. The van der Waals surface area contributed by atoms with Crippen LogP contribution in [0, 0.1) is 6.92 Å². The highest BCUT2D eigenvalue weighted by molar-refractivity contribution is 5.94. The first-order valence-electron chi connectivity index (χ1n) is 9.26. The molecule has 1 aliphatic rings. The molecule has 1 aliphatic heterocycles. The monoisotopic (exact) mass is 389 g/mol. The van der Waals surface area contributed by atoms with Gasteiger partial charge in [0.05, 0.1) is 18.3 Å². The van der Waals surface area contributed by atoms with Crippen LogP contribution in [0.15, 0.2) is 41.2 Å². The minimum atomic E-state index is -2.41. The number of halogens is 2. The fraction of sp³-hybridized carbons (Fsp3) is 0.400. The van der Waals surface area contributed by atoms with E-state index in [2.05, 4.69) is 5.16 Å². The summed E-state index contributed by atoms with van der Waals surface area (Å²) >= 11 is 0. The average molecular weight is 389 g/mol. The number of nitrogens with zero attached hydrogens (tertiary/aromatic N) is 3. The molecule has 0 radical (unpaired) electrons. The summed E-state index contributed by atoms with van der Waals surface area (Å²) in [6.45, 7) is 2.54. The maximum absolute atomic E-state index is 12.7. The number of hydrogen-bond acceptors (Lipinski definition) is 4. The highest BCUT2D eigenvalue weighted by Crippen LogP contribution is 2.29. The van der Waals surface area contributed by atoms with E-state index >= 15 is 0 Å². The van der Waals surface area contributed by atoms with Crippen LogP contribution in [0.2, 0.25) is 0 Å². The number of rotatable bonds is 5. The third-order valence-electron chi connectivity index (χ3n) is 5.11. The maximum Gasteiger partial charge on any atom is 0.259 e. The molecule has 3 heterocycles. The molecule has 1 saturated heterocycles. The predicted octanol–water partition coefficient (Wildman–Crippen LogP) is 3.89. The molecule has 148 valence electrons. The number of ether oxygens (including phenoxy) is 1. The Morgan fingerprint density at radius 3 is 2.79 bits per heavy atom. The first-order valence-corrected chi connectivity index (χ1v) is 9.26. The zero-order valence-electron chi connectivity index (χ0n) is 15.5. The van der Waals surface area contributed by atoms with Crippen LogP contribution < -0.4 is 4.74 Å². The van der Waals surface area contributed by atoms with Crippen molar-refractivity contribution in [1.29, 1.82) is 0 Å². The molecule has 4 rings (SSSR count). The molecule has 0 spiro atoms. The van der Waals surface area contributed by atoms with E-state index in [0.29, 0.717) is 43.0 Å².